The van der Waals surface area contributed by atoms with E-state index in [9.17, 15) is 13.2 Å². The number of nitrogens with one attached hydrogen (secondary N) is 1. The third-order valence-electron chi connectivity index (χ3n) is 3.48. The van der Waals surface area contributed by atoms with Gasteiger partial charge in [-0.3, -0.25) is 4.79 Å². The second-order valence-electron chi connectivity index (χ2n) is 5.24. The summed E-state index contributed by atoms with van der Waals surface area (Å²) in [6.45, 7) is 3.48. The first-order chi connectivity index (χ1) is 10.7. The molecule has 0 spiro atoms. The van der Waals surface area contributed by atoms with Gasteiger partial charge < -0.3 is 5.32 Å². The summed E-state index contributed by atoms with van der Waals surface area (Å²) in [5.74, 6) is -0.363. The largest absolute Gasteiger partial charge is 0.345 e. The lowest BCUT2D eigenvalue weighted by Crippen LogP contribution is -2.27. The van der Waals surface area contributed by atoms with Crippen molar-refractivity contribution < 1.29 is 13.2 Å². The molecule has 3 N–H and O–H groups in total. The summed E-state index contributed by atoms with van der Waals surface area (Å²) in [7, 11) is -3.86. The minimum atomic E-state index is -3.86. The molecule has 0 saturated heterocycles. The summed E-state index contributed by atoms with van der Waals surface area (Å²) in [6, 6.07) is 11.8. The quantitative estimate of drug-likeness (QED) is 0.832. The minimum Gasteiger partial charge on any atom is -0.345 e. The Kier molecular flexibility index (Phi) is 5.23. The van der Waals surface area contributed by atoms with Gasteiger partial charge in [-0.15, -0.1) is 0 Å². The lowest BCUT2D eigenvalue weighted by molar-refractivity contribution is 0.0939. The van der Waals surface area contributed by atoms with Crippen LogP contribution in [0.3, 0.4) is 0 Å². The average Bonchev–Trinajstić information content (AvgIpc) is 2.46. The van der Waals surface area contributed by atoms with Crippen LogP contribution in [0.5, 0.6) is 0 Å². The van der Waals surface area contributed by atoms with Crippen LogP contribution in [0, 0.1) is 6.92 Å². The lowest BCUT2D eigenvalue weighted by atomic mass is 10.1. The van der Waals surface area contributed by atoms with E-state index in [4.69, 9.17) is 5.14 Å². The predicted octanol–water partition coefficient (Wildman–Crippen LogP) is 2.90. The number of carbonyl (C=O) groups excluding carboxylic acids is 1. The van der Waals surface area contributed by atoms with Gasteiger partial charge in [-0.25, -0.2) is 13.6 Å². The molecule has 5 nitrogen and oxygen atoms in total. The van der Waals surface area contributed by atoms with Crippen molar-refractivity contribution >= 4 is 31.9 Å². The Bertz CT molecular complexity index is 850. The van der Waals surface area contributed by atoms with Crippen molar-refractivity contribution in [3.63, 3.8) is 0 Å². The van der Waals surface area contributed by atoms with Crippen LogP contribution >= 0.6 is 15.9 Å². The van der Waals surface area contributed by atoms with Crippen LogP contribution in [0.1, 0.15) is 34.5 Å². The fourth-order valence-corrected chi connectivity index (χ4v) is 3.67. The van der Waals surface area contributed by atoms with Gasteiger partial charge in [-0.05, 0) is 43.2 Å². The predicted molar refractivity (Wildman–Crippen MR) is 92.6 cm³/mol. The smallest absolute Gasteiger partial charge is 0.251 e. The molecule has 0 fully saturated rings. The molecule has 1 amide bonds. The Morgan fingerprint density at radius 2 is 1.87 bits per heavy atom. The third-order valence-corrected chi connectivity index (χ3v) is 5.25. The summed E-state index contributed by atoms with van der Waals surface area (Å²) in [6.07, 6.45) is 0. The number of benzene rings is 2. The molecule has 0 aliphatic heterocycles. The summed E-state index contributed by atoms with van der Waals surface area (Å²) in [4.78, 5) is 12.3. The normalized spacial score (nSPS) is 12.7. The van der Waals surface area contributed by atoms with Crippen LogP contribution in [0.25, 0.3) is 0 Å². The topological polar surface area (TPSA) is 89.3 Å². The van der Waals surface area contributed by atoms with E-state index in [0.717, 1.165) is 10.0 Å². The Hall–Kier alpha value is -1.70. The molecular formula is C16H17BrN2O3S. The first-order valence-corrected chi connectivity index (χ1v) is 9.23. The number of aryl methyl sites for hydroxylation is 1. The van der Waals surface area contributed by atoms with Gasteiger partial charge in [-0.1, -0.05) is 40.2 Å². The van der Waals surface area contributed by atoms with Gasteiger partial charge in [-0.2, -0.15) is 0 Å². The van der Waals surface area contributed by atoms with E-state index in [0.29, 0.717) is 5.56 Å². The molecule has 0 aliphatic carbocycles. The molecule has 0 aliphatic rings. The van der Waals surface area contributed by atoms with Gasteiger partial charge in [0.05, 0.1) is 10.9 Å². The molecule has 0 saturated carbocycles. The standard InChI is InChI=1S/C16H17BrN2O3S/c1-10-7-8-12(9-15(10)23(18,21)22)16(20)19-11(2)13-5-3-4-6-14(13)17/h3-9,11H,1-2H3,(H,19,20)(H2,18,21,22)/t11-/m0/s1. The van der Waals surface area contributed by atoms with Crippen molar-refractivity contribution in [3.05, 3.63) is 63.6 Å². The molecule has 2 aromatic rings. The molecule has 122 valence electrons. The zero-order chi connectivity index (χ0) is 17.2. The lowest BCUT2D eigenvalue weighted by Gasteiger charge is -2.16. The number of halogens is 1. The van der Waals surface area contributed by atoms with E-state index >= 15 is 0 Å². The second-order valence-corrected chi connectivity index (χ2v) is 7.63. The van der Waals surface area contributed by atoms with Crippen molar-refractivity contribution in [1.82, 2.24) is 5.32 Å². The van der Waals surface area contributed by atoms with E-state index in [1.54, 1.807) is 19.1 Å². The van der Waals surface area contributed by atoms with Crippen molar-refractivity contribution in [3.8, 4) is 0 Å². The molecule has 0 heterocycles. The number of rotatable bonds is 4. The highest BCUT2D eigenvalue weighted by atomic mass is 79.9. The minimum absolute atomic E-state index is 0.0429. The number of nitrogens with two attached hydrogens (primary N) is 1. The van der Waals surface area contributed by atoms with Crippen LogP contribution in [0.15, 0.2) is 51.8 Å². The van der Waals surface area contributed by atoms with Crippen molar-refractivity contribution in [2.75, 3.05) is 0 Å². The number of hydrogen-bond donors (Lipinski definition) is 2. The molecule has 0 radical (unpaired) electrons. The first kappa shape index (κ1) is 17.7. The van der Waals surface area contributed by atoms with Gasteiger partial charge in [0.25, 0.3) is 5.91 Å². The van der Waals surface area contributed by atoms with Gasteiger partial charge >= 0.3 is 0 Å². The molecule has 23 heavy (non-hydrogen) atoms. The Morgan fingerprint density at radius 3 is 2.48 bits per heavy atom. The van der Waals surface area contributed by atoms with E-state index < -0.39 is 10.0 Å². The fraction of sp³-hybridized carbons (Fsp3) is 0.188. The summed E-state index contributed by atoms with van der Waals surface area (Å²) < 4.78 is 24.0. The van der Waals surface area contributed by atoms with Crippen molar-refractivity contribution in [1.29, 1.82) is 0 Å². The maximum absolute atomic E-state index is 12.4. The molecule has 0 bridgehead atoms. The Labute approximate surface area is 144 Å². The molecular weight excluding hydrogens is 380 g/mol. The van der Waals surface area contributed by atoms with Crippen LogP contribution < -0.4 is 10.5 Å². The fourth-order valence-electron chi connectivity index (χ4n) is 2.23. The summed E-state index contributed by atoms with van der Waals surface area (Å²) in [5, 5.41) is 8.02. The first-order valence-electron chi connectivity index (χ1n) is 6.89. The Morgan fingerprint density at radius 1 is 1.22 bits per heavy atom. The molecule has 2 aromatic carbocycles. The second kappa shape index (κ2) is 6.82. The molecule has 2 rings (SSSR count). The van der Waals surface area contributed by atoms with Crippen LogP contribution in [-0.2, 0) is 10.0 Å². The highest BCUT2D eigenvalue weighted by Gasteiger charge is 2.17. The molecule has 0 aromatic heterocycles. The van der Waals surface area contributed by atoms with E-state index in [-0.39, 0.29) is 22.4 Å². The number of carbonyl (C=O) groups is 1. The zero-order valence-electron chi connectivity index (χ0n) is 12.7. The monoisotopic (exact) mass is 396 g/mol. The molecule has 0 unspecified atom stereocenters. The number of amides is 1. The number of primary sulfonamides is 1. The van der Waals surface area contributed by atoms with E-state index in [1.807, 2.05) is 31.2 Å². The summed E-state index contributed by atoms with van der Waals surface area (Å²) >= 11 is 3.44. The number of sulfonamides is 1. The average molecular weight is 397 g/mol. The Balaban J connectivity index is 2.27. The zero-order valence-corrected chi connectivity index (χ0v) is 15.1. The highest BCUT2D eigenvalue weighted by Crippen LogP contribution is 2.23. The van der Waals surface area contributed by atoms with Gasteiger partial charge in [0, 0.05) is 10.0 Å². The van der Waals surface area contributed by atoms with Gasteiger partial charge in [0.2, 0.25) is 10.0 Å². The van der Waals surface area contributed by atoms with Crippen molar-refractivity contribution in [2.45, 2.75) is 24.8 Å². The maximum Gasteiger partial charge on any atom is 0.251 e. The SMILES string of the molecule is Cc1ccc(C(=O)N[C@@H](C)c2ccccc2Br)cc1S(N)(=O)=O. The van der Waals surface area contributed by atoms with Crippen molar-refractivity contribution in [2.24, 2.45) is 5.14 Å². The van der Waals surface area contributed by atoms with Crippen LogP contribution in [-0.4, -0.2) is 14.3 Å². The number of hydrogen-bond acceptors (Lipinski definition) is 3. The third kappa shape index (κ3) is 4.19. The van der Waals surface area contributed by atoms with Gasteiger partial charge in [0.15, 0.2) is 0 Å². The molecule has 1 atom stereocenters. The van der Waals surface area contributed by atoms with E-state index in [1.165, 1.54) is 6.07 Å². The van der Waals surface area contributed by atoms with Crippen LogP contribution in [0.4, 0.5) is 0 Å². The van der Waals surface area contributed by atoms with Gasteiger partial charge in [0.1, 0.15) is 0 Å². The maximum atomic E-state index is 12.4. The van der Waals surface area contributed by atoms with Crippen LogP contribution in [0.2, 0.25) is 0 Å². The highest BCUT2D eigenvalue weighted by molar-refractivity contribution is 9.10. The van der Waals surface area contributed by atoms with E-state index in [2.05, 4.69) is 21.2 Å². The summed E-state index contributed by atoms with van der Waals surface area (Å²) in [5.41, 5.74) is 1.68. The molecule has 7 heteroatoms.